The second-order valence-electron chi connectivity index (χ2n) is 4.08. The van der Waals surface area contributed by atoms with Crippen LogP contribution in [0.1, 0.15) is 25.8 Å². The van der Waals surface area contributed by atoms with Crippen molar-refractivity contribution in [1.29, 1.82) is 0 Å². The summed E-state index contributed by atoms with van der Waals surface area (Å²) < 4.78 is 1.19. The molecule has 17 heavy (non-hydrogen) atoms. The Bertz CT molecular complexity index is 515. The highest BCUT2D eigenvalue weighted by Crippen LogP contribution is 1.89. The molecule has 0 radical (unpaired) electrons. The third kappa shape index (κ3) is 3.58. The Morgan fingerprint density at radius 1 is 1.53 bits per heavy atom. The maximum Gasteiger partial charge on any atom is 0.328 e. The molecular formula is C11H17N3O3. The van der Waals surface area contributed by atoms with Crippen LogP contribution in [0.5, 0.6) is 0 Å². The Kier molecular flexibility index (Phi) is 4.25. The fourth-order valence-corrected chi connectivity index (χ4v) is 1.31. The smallest absolute Gasteiger partial charge is 0.328 e. The molecule has 0 aliphatic carbocycles. The van der Waals surface area contributed by atoms with Crippen molar-refractivity contribution >= 4 is 5.91 Å². The first kappa shape index (κ1) is 13.2. The van der Waals surface area contributed by atoms with Gasteiger partial charge in [0.15, 0.2) is 0 Å². The number of rotatable bonds is 4. The molecule has 6 heteroatoms. The van der Waals surface area contributed by atoms with Crippen molar-refractivity contribution in [1.82, 2.24) is 14.9 Å². The van der Waals surface area contributed by atoms with Crippen molar-refractivity contribution in [2.75, 3.05) is 0 Å². The van der Waals surface area contributed by atoms with Crippen molar-refractivity contribution < 1.29 is 4.79 Å². The monoisotopic (exact) mass is 239 g/mol. The maximum atomic E-state index is 11.6. The Morgan fingerprint density at radius 3 is 2.76 bits per heavy atom. The molecule has 0 aromatic carbocycles. The molecule has 0 fully saturated rings. The zero-order valence-electron chi connectivity index (χ0n) is 10.2. The molecule has 1 aromatic rings. The summed E-state index contributed by atoms with van der Waals surface area (Å²) in [5, 5.41) is 2.75. The summed E-state index contributed by atoms with van der Waals surface area (Å²) in [5.74, 6) is -0.243. The van der Waals surface area contributed by atoms with E-state index in [1.54, 1.807) is 6.92 Å². The lowest BCUT2D eigenvalue weighted by Gasteiger charge is -2.12. The molecule has 1 rings (SSSR count). The van der Waals surface area contributed by atoms with Gasteiger partial charge in [-0.2, -0.15) is 0 Å². The number of hydrogen-bond acceptors (Lipinski definition) is 3. The molecular weight excluding hydrogens is 222 g/mol. The van der Waals surface area contributed by atoms with Crippen LogP contribution in [0.2, 0.25) is 0 Å². The van der Waals surface area contributed by atoms with Gasteiger partial charge in [0.2, 0.25) is 5.91 Å². The van der Waals surface area contributed by atoms with Gasteiger partial charge in [-0.3, -0.25) is 19.1 Å². The van der Waals surface area contributed by atoms with Crippen molar-refractivity contribution in [2.24, 2.45) is 0 Å². The van der Waals surface area contributed by atoms with Gasteiger partial charge in [-0.15, -0.1) is 0 Å². The van der Waals surface area contributed by atoms with E-state index in [1.807, 2.05) is 13.8 Å². The lowest BCUT2D eigenvalue weighted by atomic mass is 10.2. The molecule has 1 atom stereocenters. The Balaban J connectivity index is 2.82. The van der Waals surface area contributed by atoms with Crippen LogP contribution in [0, 0.1) is 6.92 Å². The van der Waals surface area contributed by atoms with Crippen LogP contribution in [-0.2, 0) is 11.3 Å². The predicted molar refractivity (Wildman–Crippen MR) is 64.0 cm³/mol. The second kappa shape index (κ2) is 5.47. The highest BCUT2D eigenvalue weighted by Gasteiger charge is 2.08. The number of aromatic nitrogens is 2. The minimum Gasteiger partial charge on any atom is -0.352 e. The highest BCUT2D eigenvalue weighted by atomic mass is 16.2. The molecule has 2 N–H and O–H groups in total. The summed E-state index contributed by atoms with van der Waals surface area (Å²) in [6.07, 6.45) is 2.21. The Morgan fingerprint density at radius 2 is 2.18 bits per heavy atom. The summed E-state index contributed by atoms with van der Waals surface area (Å²) in [4.78, 5) is 36.3. The molecule has 1 amide bonds. The molecule has 1 unspecified atom stereocenters. The van der Waals surface area contributed by atoms with Gasteiger partial charge in [0.25, 0.3) is 5.56 Å². The minimum atomic E-state index is -0.570. The van der Waals surface area contributed by atoms with Gasteiger partial charge in [0, 0.05) is 17.8 Å². The van der Waals surface area contributed by atoms with Gasteiger partial charge in [0.1, 0.15) is 6.54 Å². The molecule has 6 nitrogen and oxygen atoms in total. The van der Waals surface area contributed by atoms with E-state index in [1.165, 1.54) is 10.8 Å². The number of carbonyl (C=O) groups excluding carboxylic acids is 1. The molecule has 1 aromatic heterocycles. The summed E-state index contributed by atoms with van der Waals surface area (Å²) in [5.41, 5.74) is -0.588. The van der Waals surface area contributed by atoms with E-state index >= 15 is 0 Å². The van der Waals surface area contributed by atoms with Crippen LogP contribution in [0.25, 0.3) is 0 Å². The molecule has 0 saturated heterocycles. The Labute approximate surface area is 98.7 Å². The molecule has 0 spiro atoms. The molecule has 1 heterocycles. The van der Waals surface area contributed by atoms with Crippen molar-refractivity contribution in [3.63, 3.8) is 0 Å². The fraction of sp³-hybridized carbons (Fsp3) is 0.545. The van der Waals surface area contributed by atoms with Gasteiger partial charge < -0.3 is 5.32 Å². The molecule has 0 aliphatic rings. The van der Waals surface area contributed by atoms with Gasteiger partial charge in [-0.05, 0) is 20.3 Å². The quantitative estimate of drug-likeness (QED) is 0.760. The van der Waals surface area contributed by atoms with Crippen molar-refractivity contribution in [2.45, 2.75) is 39.8 Å². The summed E-state index contributed by atoms with van der Waals surface area (Å²) >= 11 is 0. The van der Waals surface area contributed by atoms with Gasteiger partial charge in [-0.1, -0.05) is 6.92 Å². The third-order valence-corrected chi connectivity index (χ3v) is 2.52. The van der Waals surface area contributed by atoms with E-state index in [2.05, 4.69) is 10.3 Å². The normalized spacial score (nSPS) is 12.2. The van der Waals surface area contributed by atoms with E-state index in [0.717, 1.165) is 6.42 Å². The number of H-pyrrole nitrogens is 1. The van der Waals surface area contributed by atoms with Crippen LogP contribution in [0.3, 0.4) is 0 Å². The van der Waals surface area contributed by atoms with Crippen LogP contribution in [-0.4, -0.2) is 21.5 Å². The van der Waals surface area contributed by atoms with Crippen molar-refractivity contribution in [3.05, 3.63) is 32.6 Å². The average Bonchev–Trinajstić information content (AvgIpc) is 2.25. The van der Waals surface area contributed by atoms with Crippen LogP contribution < -0.4 is 16.6 Å². The first-order valence-electron chi connectivity index (χ1n) is 5.53. The molecule has 0 bridgehead atoms. The van der Waals surface area contributed by atoms with Crippen molar-refractivity contribution in [3.8, 4) is 0 Å². The SMILES string of the molecule is CCC(C)NC(=O)Cn1cc(C)c(=O)[nH]c1=O. The van der Waals surface area contributed by atoms with Crippen LogP contribution in [0.4, 0.5) is 0 Å². The summed E-state index contributed by atoms with van der Waals surface area (Å²) in [6, 6.07) is 0.0714. The van der Waals surface area contributed by atoms with Gasteiger partial charge >= 0.3 is 5.69 Å². The van der Waals surface area contributed by atoms with E-state index in [4.69, 9.17) is 0 Å². The van der Waals surface area contributed by atoms with Crippen LogP contribution >= 0.6 is 0 Å². The number of aryl methyl sites for hydroxylation is 1. The number of carbonyl (C=O) groups is 1. The van der Waals surface area contributed by atoms with Crippen LogP contribution in [0.15, 0.2) is 15.8 Å². The molecule has 94 valence electrons. The lowest BCUT2D eigenvalue weighted by molar-refractivity contribution is -0.122. The average molecular weight is 239 g/mol. The molecule has 0 saturated carbocycles. The first-order valence-corrected chi connectivity index (χ1v) is 5.53. The Hall–Kier alpha value is -1.85. The van der Waals surface area contributed by atoms with E-state index in [0.29, 0.717) is 5.56 Å². The van der Waals surface area contributed by atoms with E-state index in [-0.39, 0.29) is 18.5 Å². The number of amides is 1. The topological polar surface area (TPSA) is 84.0 Å². The van der Waals surface area contributed by atoms with Gasteiger partial charge in [0.05, 0.1) is 0 Å². The number of aromatic amines is 1. The lowest BCUT2D eigenvalue weighted by Crippen LogP contribution is -2.39. The van der Waals surface area contributed by atoms with E-state index in [9.17, 15) is 14.4 Å². The first-order chi connectivity index (χ1) is 7.93. The zero-order chi connectivity index (χ0) is 13.0. The van der Waals surface area contributed by atoms with Gasteiger partial charge in [-0.25, -0.2) is 4.79 Å². The predicted octanol–water partition coefficient (Wildman–Crippen LogP) is -0.240. The minimum absolute atomic E-state index is 0.0714. The largest absolute Gasteiger partial charge is 0.352 e. The van der Waals surface area contributed by atoms with E-state index < -0.39 is 11.2 Å². The zero-order valence-corrected chi connectivity index (χ0v) is 10.2. The summed E-state index contributed by atoms with van der Waals surface area (Å²) in [6.45, 7) is 5.35. The molecule has 0 aliphatic heterocycles. The number of hydrogen-bond donors (Lipinski definition) is 2. The maximum absolute atomic E-state index is 11.6. The number of nitrogens with one attached hydrogen (secondary N) is 2. The standard InChI is InChI=1S/C11H17N3O3/c1-4-8(3)12-9(15)6-14-5-7(2)10(16)13-11(14)17/h5,8H,4,6H2,1-3H3,(H,12,15)(H,13,16,17). The number of nitrogens with zero attached hydrogens (tertiary/aromatic N) is 1. The fourth-order valence-electron chi connectivity index (χ4n) is 1.31. The highest BCUT2D eigenvalue weighted by molar-refractivity contribution is 5.75. The third-order valence-electron chi connectivity index (χ3n) is 2.52. The summed E-state index contributed by atoms with van der Waals surface area (Å²) in [7, 11) is 0. The second-order valence-corrected chi connectivity index (χ2v) is 4.08.